The van der Waals surface area contributed by atoms with Gasteiger partial charge in [-0.05, 0) is 13.3 Å². The monoisotopic (exact) mass is 153 g/mol. The molecule has 0 N–H and O–H groups in total. The molecule has 0 aromatic heterocycles. The minimum Gasteiger partial charge on any atom is -0.369 e. The van der Waals surface area contributed by atoms with Crippen LogP contribution in [-0.2, 0) is 4.74 Å². The van der Waals surface area contributed by atoms with Crippen molar-refractivity contribution in [1.29, 1.82) is 0 Å². The van der Waals surface area contributed by atoms with Gasteiger partial charge in [0, 0.05) is 6.61 Å². The third-order valence-corrected chi connectivity index (χ3v) is 1.39. The molecule has 1 nitrogen and oxygen atoms in total. The highest BCUT2D eigenvalue weighted by molar-refractivity contribution is 4.94. The lowest BCUT2D eigenvalue weighted by Crippen LogP contribution is -1.94. The van der Waals surface area contributed by atoms with Crippen LogP contribution in [0.5, 0.6) is 0 Å². The number of ether oxygens (including phenoxy) is 1. The summed E-state index contributed by atoms with van der Waals surface area (Å²) >= 11 is 0. The Balaban J connectivity index is 2.83. The van der Waals surface area contributed by atoms with E-state index < -0.39 is 0 Å². The number of hydrogen-bond donors (Lipinski definition) is 0. The predicted octanol–water partition coefficient (Wildman–Crippen LogP) is 2.42. The van der Waals surface area contributed by atoms with Crippen LogP contribution < -0.4 is 0 Å². The van der Waals surface area contributed by atoms with Gasteiger partial charge in [-0.2, -0.15) is 0 Å². The Morgan fingerprint density at radius 3 is 2.73 bits per heavy atom. The lowest BCUT2D eigenvalue weighted by molar-refractivity contribution is 0.162. The predicted molar refractivity (Wildman–Crippen MR) is 48.1 cm³/mol. The van der Waals surface area contributed by atoms with Gasteiger partial charge in [-0.15, -0.1) is 5.92 Å². The first-order valence-corrected chi connectivity index (χ1v) is 4.18. The van der Waals surface area contributed by atoms with Crippen molar-refractivity contribution in [3.63, 3.8) is 0 Å². The lowest BCUT2D eigenvalue weighted by atomic mass is 10.2. The molecule has 0 aliphatic heterocycles. The van der Waals surface area contributed by atoms with E-state index in [0.717, 1.165) is 19.4 Å². The summed E-state index contributed by atoms with van der Waals surface area (Å²) in [6.45, 7) is 7.02. The smallest absolute Gasteiger partial charge is 0.107 e. The first-order chi connectivity index (χ1) is 5.41. The molecule has 0 rings (SSSR count). The molecule has 0 atom stereocenters. The van der Waals surface area contributed by atoms with Crippen molar-refractivity contribution in [3.8, 4) is 11.8 Å². The van der Waals surface area contributed by atoms with Crippen molar-refractivity contribution >= 4 is 0 Å². The van der Waals surface area contributed by atoms with E-state index >= 15 is 0 Å². The number of hydrogen-bond acceptors (Lipinski definition) is 1. The van der Waals surface area contributed by atoms with Gasteiger partial charge in [-0.1, -0.05) is 32.1 Å². The summed E-state index contributed by atoms with van der Waals surface area (Å²) in [6.07, 6.45) is 4.61. The molecule has 0 spiro atoms. The molecule has 1 heteroatoms. The van der Waals surface area contributed by atoms with Gasteiger partial charge in [0.25, 0.3) is 0 Å². The van der Waals surface area contributed by atoms with Crippen LogP contribution in [0, 0.1) is 18.8 Å². The molecule has 0 saturated heterocycles. The van der Waals surface area contributed by atoms with Gasteiger partial charge >= 0.3 is 0 Å². The second-order valence-corrected chi connectivity index (χ2v) is 2.39. The fourth-order valence-electron chi connectivity index (χ4n) is 0.753. The van der Waals surface area contributed by atoms with E-state index in [1.165, 1.54) is 12.8 Å². The zero-order chi connectivity index (χ0) is 8.36. The highest BCUT2D eigenvalue weighted by Crippen LogP contribution is 1.97. The Bertz CT molecular complexity index is 119. The molecule has 0 aliphatic carbocycles. The molecular formula is C10H17O. The van der Waals surface area contributed by atoms with Gasteiger partial charge in [0.15, 0.2) is 0 Å². The molecule has 0 amide bonds. The summed E-state index contributed by atoms with van der Waals surface area (Å²) < 4.78 is 5.23. The molecule has 11 heavy (non-hydrogen) atoms. The minimum atomic E-state index is 0.584. The molecule has 63 valence electrons. The number of unbranched alkanes of at least 4 members (excludes halogenated alkanes) is 3. The van der Waals surface area contributed by atoms with Crippen LogP contribution in [0.1, 0.15) is 32.6 Å². The van der Waals surface area contributed by atoms with Crippen molar-refractivity contribution in [2.75, 3.05) is 13.2 Å². The summed E-state index contributed by atoms with van der Waals surface area (Å²) in [6, 6.07) is 0. The third kappa shape index (κ3) is 9.52. The van der Waals surface area contributed by atoms with Gasteiger partial charge in [0.2, 0.25) is 0 Å². The standard InChI is InChI=1S/C10H17O/c1-3-5-7-8-10-11-9-6-4-2/h1,3,5,7-10H2,2H3. The molecule has 0 fully saturated rings. The second-order valence-electron chi connectivity index (χ2n) is 2.39. The molecule has 0 aliphatic rings. The van der Waals surface area contributed by atoms with E-state index in [4.69, 9.17) is 4.74 Å². The molecule has 0 aromatic carbocycles. The highest BCUT2D eigenvalue weighted by atomic mass is 16.5. The summed E-state index contributed by atoms with van der Waals surface area (Å²) in [5.74, 6) is 5.64. The van der Waals surface area contributed by atoms with Gasteiger partial charge < -0.3 is 4.74 Å². The Morgan fingerprint density at radius 2 is 2.09 bits per heavy atom. The van der Waals surface area contributed by atoms with Gasteiger partial charge in [0.05, 0.1) is 0 Å². The van der Waals surface area contributed by atoms with E-state index in [1.54, 1.807) is 0 Å². The van der Waals surface area contributed by atoms with Crippen LogP contribution in [-0.4, -0.2) is 13.2 Å². The normalized spacial score (nSPS) is 8.91. The molecule has 0 unspecified atom stereocenters. The quantitative estimate of drug-likeness (QED) is 0.420. The lowest BCUT2D eigenvalue weighted by Gasteiger charge is -1.98. The molecule has 0 aromatic rings. The van der Waals surface area contributed by atoms with Crippen LogP contribution in [0.25, 0.3) is 0 Å². The molecule has 1 radical (unpaired) electrons. The van der Waals surface area contributed by atoms with Gasteiger partial charge in [-0.25, -0.2) is 0 Å². The molecule has 0 bridgehead atoms. The third-order valence-electron chi connectivity index (χ3n) is 1.39. The molecule has 0 heterocycles. The zero-order valence-corrected chi connectivity index (χ0v) is 7.36. The van der Waals surface area contributed by atoms with Crippen LogP contribution >= 0.6 is 0 Å². The van der Waals surface area contributed by atoms with Gasteiger partial charge in [0.1, 0.15) is 6.61 Å². The molecular weight excluding hydrogens is 136 g/mol. The van der Waals surface area contributed by atoms with Crippen LogP contribution in [0.4, 0.5) is 0 Å². The van der Waals surface area contributed by atoms with E-state index in [2.05, 4.69) is 18.8 Å². The van der Waals surface area contributed by atoms with Crippen molar-refractivity contribution in [2.24, 2.45) is 0 Å². The van der Waals surface area contributed by atoms with Crippen LogP contribution in [0.15, 0.2) is 0 Å². The summed E-state index contributed by atoms with van der Waals surface area (Å²) in [5.41, 5.74) is 0. The second kappa shape index (κ2) is 9.52. The van der Waals surface area contributed by atoms with Crippen LogP contribution in [0.3, 0.4) is 0 Å². The van der Waals surface area contributed by atoms with Crippen LogP contribution in [0.2, 0.25) is 0 Å². The summed E-state index contributed by atoms with van der Waals surface area (Å²) in [7, 11) is 0. The van der Waals surface area contributed by atoms with Crippen molar-refractivity contribution in [2.45, 2.75) is 32.6 Å². The maximum Gasteiger partial charge on any atom is 0.107 e. The first-order valence-electron chi connectivity index (χ1n) is 4.18. The molecule has 0 saturated carbocycles. The van der Waals surface area contributed by atoms with Crippen molar-refractivity contribution in [3.05, 3.63) is 6.92 Å². The van der Waals surface area contributed by atoms with E-state index in [9.17, 15) is 0 Å². The fraction of sp³-hybridized carbons (Fsp3) is 0.700. The Kier molecular flexibility index (Phi) is 9.10. The largest absolute Gasteiger partial charge is 0.369 e. The van der Waals surface area contributed by atoms with E-state index in [0.29, 0.717) is 6.61 Å². The van der Waals surface area contributed by atoms with Gasteiger partial charge in [-0.3, -0.25) is 0 Å². The summed E-state index contributed by atoms with van der Waals surface area (Å²) in [4.78, 5) is 0. The maximum absolute atomic E-state index is 5.23. The topological polar surface area (TPSA) is 9.23 Å². The maximum atomic E-state index is 5.23. The zero-order valence-electron chi connectivity index (χ0n) is 7.36. The fourth-order valence-corrected chi connectivity index (χ4v) is 0.753. The van der Waals surface area contributed by atoms with Crippen molar-refractivity contribution < 1.29 is 4.74 Å². The Hall–Kier alpha value is -0.480. The summed E-state index contributed by atoms with van der Waals surface area (Å²) in [5, 5.41) is 0. The minimum absolute atomic E-state index is 0.584. The Morgan fingerprint density at radius 1 is 1.27 bits per heavy atom. The first kappa shape index (κ1) is 10.5. The average Bonchev–Trinajstić information content (AvgIpc) is 2.03. The Labute approximate surface area is 70.1 Å². The van der Waals surface area contributed by atoms with E-state index in [1.807, 2.05) is 6.92 Å². The highest BCUT2D eigenvalue weighted by Gasteiger charge is 1.86. The number of rotatable bonds is 6. The average molecular weight is 153 g/mol. The van der Waals surface area contributed by atoms with E-state index in [-0.39, 0.29) is 0 Å². The SMILES string of the molecule is [CH2]CCCCCOCC#CC. The van der Waals surface area contributed by atoms with Crippen molar-refractivity contribution in [1.82, 2.24) is 0 Å².